The molecule has 160 valence electrons. The van der Waals surface area contributed by atoms with Crippen molar-refractivity contribution in [1.82, 2.24) is 0 Å². The maximum Gasteiger partial charge on any atom is 0.342 e. The molecular formula is C24H26F2O4. The molecule has 0 aliphatic rings. The third-order valence-electron chi connectivity index (χ3n) is 4.36. The minimum Gasteiger partial charge on any atom is -0.507 e. The second-order valence-corrected chi connectivity index (χ2v) is 6.92. The van der Waals surface area contributed by atoms with Crippen LogP contribution in [0, 0.1) is 5.82 Å². The van der Waals surface area contributed by atoms with Crippen molar-refractivity contribution in [2.24, 2.45) is 0 Å². The zero-order valence-corrected chi connectivity index (χ0v) is 17.4. The number of alkyl halides is 1. The van der Waals surface area contributed by atoms with E-state index in [1.807, 2.05) is 19.9 Å². The highest BCUT2D eigenvalue weighted by Crippen LogP contribution is 2.37. The Hall–Kier alpha value is -3.15. The molecule has 2 aromatic rings. The lowest BCUT2D eigenvalue weighted by atomic mass is 9.97. The molecule has 4 nitrogen and oxygen atoms in total. The third kappa shape index (κ3) is 6.17. The quantitative estimate of drug-likeness (QED) is 0.245. The normalized spacial score (nSPS) is 10.8. The van der Waals surface area contributed by atoms with Crippen LogP contribution in [0.2, 0.25) is 0 Å². The standard InChI is InChI=1S/C24H26F2O4/c1-16(2)5-12-20-21(30-14-4-13-25)15-18(22(23(20)27)24(28)29-3)9-6-17-7-10-19(26)11-8-17/h5-11,15,27H,4,12-14H2,1-3H3. The molecule has 0 aliphatic heterocycles. The molecule has 0 amide bonds. The first kappa shape index (κ1) is 23.1. The first-order valence-electron chi connectivity index (χ1n) is 9.60. The number of hydrogen-bond donors (Lipinski definition) is 1. The van der Waals surface area contributed by atoms with Crippen LogP contribution in [0.25, 0.3) is 12.2 Å². The Morgan fingerprint density at radius 2 is 1.87 bits per heavy atom. The van der Waals surface area contributed by atoms with Crippen molar-refractivity contribution in [2.75, 3.05) is 20.4 Å². The van der Waals surface area contributed by atoms with Crippen LogP contribution >= 0.6 is 0 Å². The summed E-state index contributed by atoms with van der Waals surface area (Å²) in [6, 6.07) is 7.45. The van der Waals surface area contributed by atoms with Crippen molar-refractivity contribution in [1.29, 1.82) is 0 Å². The van der Waals surface area contributed by atoms with E-state index in [9.17, 15) is 18.7 Å². The molecule has 0 saturated carbocycles. The van der Waals surface area contributed by atoms with Gasteiger partial charge in [-0.1, -0.05) is 35.9 Å². The summed E-state index contributed by atoms with van der Waals surface area (Å²) in [6.07, 6.45) is 5.74. The minimum atomic E-state index is -0.694. The molecule has 0 radical (unpaired) electrons. The number of benzene rings is 2. The molecule has 30 heavy (non-hydrogen) atoms. The number of carbonyl (C=O) groups excluding carboxylic acids is 1. The van der Waals surface area contributed by atoms with Crippen molar-refractivity contribution in [3.63, 3.8) is 0 Å². The van der Waals surface area contributed by atoms with Gasteiger partial charge in [-0.15, -0.1) is 0 Å². The molecule has 6 heteroatoms. The van der Waals surface area contributed by atoms with Crippen molar-refractivity contribution in [3.8, 4) is 11.5 Å². The average Bonchev–Trinajstić information content (AvgIpc) is 2.72. The van der Waals surface area contributed by atoms with E-state index < -0.39 is 12.6 Å². The van der Waals surface area contributed by atoms with Gasteiger partial charge in [0.15, 0.2) is 0 Å². The van der Waals surface area contributed by atoms with Crippen LogP contribution in [0.4, 0.5) is 8.78 Å². The van der Waals surface area contributed by atoms with Gasteiger partial charge in [-0.3, -0.25) is 4.39 Å². The van der Waals surface area contributed by atoms with Gasteiger partial charge < -0.3 is 14.6 Å². The Labute approximate surface area is 175 Å². The third-order valence-corrected chi connectivity index (χ3v) is 4.36. The summed E-state index contributed by atoms with van der Waals surface area (Å²) < 4.78 is 36.2. The number of phenolic OH excluding ortho intramolecular Hbond substituents is 1. The van der Waals surface area contributed by atoms with Gasteiger partial charge in [-0.25, -0.2) is 9.18 Å². The molecule has 0 unspecified atom stereocenters. The summed E-state index contributed by atoms with van der Waals surface area (Å²) in [7, 11) is 1.23. The summed E-state index contributed by atoms with van der Waals surface area (Å²) >= 11 is 0. The van der Waals surface area contributed by atoms with Gasteiger partial charge >= 0.3 is 5.97 Å². The molecule has 0 aliphatic carbocycles. The number of esters is 1. The average molecular weight is 416 g/mol. The van der Waals surface area contributed by atoms with E-state index in [-0.39, 0.29) is 30.2 Å². The Kier molecular flexibility index (Phi) is 8.59. The van der Waals surface area contributed by atoms with E-state index in [0.29, 0.717) is 28.9 Å². The number of carbonyl (C=O) groups is 1. The second kappa shape index (κ2) is 11.1. The number of aromatic hydroxyl groups is 1. The zero-order valence-electron chi connectivity index (χ0n) is 17.4. The number of halogens is 2. The lowest BCUT2D eigenvalue weighted by Gasteiger charge is -2.17. The van der Waals surface area contributed by atoms with Crippen molar-refractivity contribution < 1.29 is 28.2 Å². The summed E-state index contributed by atoms with van der Waals surface area (Å²) in [6.45, 7) is 3.45. The van der Waals surface area contributed by atoms with Crippen molar-refractivity contribution in [2.45, 2.75) is 26.7 Å². The lowest BCUT2D eigenvalue weighted by Crippen LogP contribution is -2.09. The van der Waals surface area contributed by atoms with Crippen LogP contribution in [-0.2, 0) is 11.2 Å². The molecule has 0 atom stereocenters. The highest BCUT2D eigenvalue weighted by atomic mass is 19.1. The summed E-state index contributed by atoms with van der Waals surface area (Å²) in [5, 5.41) is 10.9. The topological polar surface area (TPSA) is 55.8 Å². The molecule has 0 fully saturated rings. The van der Waals surface area contributed by atoms with Crippen LogP contribution < -0.4 is 4.74 Å². The van der Waals surface area contributed by atoms with E-state index in [4.69, 9.17) is 9.47 Å². The Balaban J connectivity index is 2.57. The fourth-order valence-corrected chi connectivity index (χ4v) is 2.78. The largest absolute Gasteiger partial charge is 0.507 e. The number of hydrogen-bond acceptors (Lipinski definition) is 4. The molecule has 0 heterocycles. The fourth-order valence-electron chi connectivity index (χ4n) is 2.78. The molecule has 2 rings (SSSR count). The predicted octanol–water partition coefficient (Wildman–Crippen LogP) is 5.74. The van der Waals surface area contributed by atoms with Crippen LogP contribution in [0.5, 0.6) is 11.5 Å². The summed E-state index contributed by atoms with van der Waals surface area (Å²) in [5.41, 5.74) is 2.55. The first-order chi connectivity index (χ1) is 14.4. The van der Waals surface area contributed by atoms with Gasteiger partial charge in [0.1, 0.15) is 22.9 Å². The highest BCUT2D eigenvalue weighted by molar-refractivity contribution is 5.98. The van der Waals surface area contributed by atoms with Crippen LogP contribution in [0.1, 0.15) is 47.3 Å². The van der Waals surface area contributed by atoms with Crippen molar-refractivity contribution in [3.05, 3.63) is 70.1 Å². The van der Waals surface area contributed by atoms with Gasteiger partial charge in [-0.2, -0.15) is 0 Å². The van der Waals surface area contributed by atoms with E-state index in [1.165, 1.54) is 19.2 Å². The Morgan fingerprint density at radius 1 is 1.17 bits per heavy atom. The SMILES string of the molecule is COC(=O)c1c(C=Cc2ccc(F)cc2)cc(OCCCF)c(CC=C(C)C)c1O. The number of ether oxygens (including phenoxy) is 2. The highest BCUT2D eigenvalue weighted by Gasteiger charge is 2.23. The summed E-state index contributed by atoms with van der Waals surface area (Å²) in [4.78, 5) is 12.4. The summed E-state index contributed by atoms with van der Waals surface area (Å²) in [5.74, 6) is -0.923. The number of phenols is 1. The monoisotopic (exact) mass is 416 g/mol. The molecule has 0 bridgehead atoms. The van der Waals surface area contributed by atoms with Crippen LogP contribution in [0.3, 0.4) is 0 Å². The van der Waals surface area contributed by atoms with E-state index in [2.05, 4.69) is 0 Å². The Bertz CT molecular complexity index is 927. The molecule has 0 spiro atoms. The second-order valence-electron chi connectivity index (χ2n) is 6.92. The molecule has 2 aromatic carbocycles. The Morgan fingerprint density at radius 3 is 2.47 bits per heavy atom. The number of rotatable bonds is 9. The number of allylic oxidation sites excluding steroid dienone is 2. The smallest absolute Gasteiger partial charge is 0.342 e. The van der Waals surface area contributed by atoms with Gasteiger partial charge in [0.2, 0.25) is 0 Å². The first-order valence-corrected chi connectivity index (χ1v) is 9.60. The molecule has 0 aromatic heterocycles. The lowest BCUT2D eigenvalue weighted by molar-refractivity contribution is 0.0597. The maximum absolute atomic E-state index is 13.1. The predicted molar refractivity (Wildman–Crippen MR) is 114 cm³/mol. The van der Waals surface area contributed by atoms with E-state index in [0.717, 1.165) is 5.57 Å². The van der Waals surface area contributed by atoms with Gasteiger partial charge in [0.25, 0.3) is 0 Å². The fraction of sp³-hybridized carbons (Fsp3) is 0.292. The van der Waals surface area contributed by atoms with Crippen LogP contribution in [0.15, 0.2) is 42.0 Å². The van der Waals surface area contributed by atoms with Crippen LogP contribution in [-0.4, -0.2) is 31.5 Å². The van der Waals surface area contributed by atoms with Gasteiger partial charge in [0.05, 0.1) is 20.4 Å². The molecule has 0 saturated heterocycles. The van der Waals surface area contributed by atoms with E-state index >= 15 is 0 Å². The minimum absolute atomic E-state index is 0.00543. The van der Waals surface area contributed by atoms with E-state index in [1.54, 1.807) is 30.4 Å². The zero-order chi connectivity index (χ0) is 22.1. The molecule has 1 N–H and O–H groups in total. The maximum atomic E-state index is 13.1. The molecular weight excluding hydrogens is 390 g/mol. The van der Waals surface area contributed by atoms with Gasteiger partial charge in [0, 0.05) is 12.0 Å². The number of methoxy groups -OCH3 is 1. The van der Waals surface area contributed by atoms with Gasteiger partial charge in [-0.05, 0) is 49.6 Å². The van der Waals surface area contributed by atoms with Crippen molar-refractivity contribution >= 4 is 18.1 Å².